The number of rotatable bonds is 2. The number of ketones is 1. The maximum Gasteiger partial charge on any atom is 0.195 e. The van der Waals surface area contributed by atoms with E-state index in [-0.39, 0.29) is 5.78 Å². The minimum Gasteiger partial charge on any atom is -0.289 e. The Balaban J connectivity index is 1.92. The van der Waals surface area contributed by atoms with Gasteiger partial charge in [-0.3, -0.25) is 4.79 Å². The van der Waals surface area contributed by atoms with E-state index in [1.165, 1.54) is 0 Å². The summed E-state index contributed by atoms with van der Waals surface area (Å²) in [5, 5.41) is 6.05. The molecule has 0 aliphatic carbocycles. The molecule has 0 amide bonds. The molecule has 0 spiro atoms. The van der Waals surface area contributed by atoms with E-state index < -0.39 is 0 Å². The van der Waals surface area contributed by atoms with E-state index in [0.717, 1.165) is 31.3 Å². The third kappa shape index (κ3) is 1.71. The molecule has 0 saturated heterocycles. The molecule has 4 aromatic rings. The van der Waals surface area contributed by atoms with Crippen molar-refractivity contribution in [2.75, 3.05) is 0 Å². The summed E-state index contributed by atoms with van der Waals surface area (Å²) in [5.41, 5.74) is 1.63. The Hall–Kier alpha value is -1.97. The second kappa shape index (κ2) is 4.54. The van der Waals surface area contributed by atoms with Crippen LogP contribution in [0.1, 0.15) is 15.9 Å². The molecule has 0 N–H and O–H groups in total. The van der Waals surface area contributed by atoms with Gasteiger partial charge in [-0.2, -0.15) is 0 Å². The first-order chi connectivity index (χ1) is 9.84. The second-order valence-electron chi connectivity index (χ2n) is 4.62. The van der Waals surface area contributed by atoms with Crippen LogP contribution in [0.15, 0.2) is 59.3 Å². The van der Waals surface area contributed by atoms with Gasteiger partial charge in [0.25, 0.3) is 0 Å². The standard InChI is InChI=1S/C17H10OS2/c18-17(13-9-19-15-7-3-1-5-11(13)15)14-10-20-16-8-4-2-6-12(14)16/h1-10H. The van der Waals surface area contributed by atoms with E-state index >= 15 is 0 Å². The molecule has 3 heteroatoms. The molecule has 2 heterocycles. The Labute approximate surface area is 124 Å². The molecule has 96 valence electrons. The Morgan fingerprint density at radius 1 is 0.700 bits per heavy atom. The van der Waals surface area contributed by atoms with Crippen LogP contribution in [0.2, 0.25) is 0 Å². The SMILES string of the molecule is O=C(c1csc2ccccc12)c1csc2ccccc12. The van der Waals surface area contributed by atoms with Gasteiger partial charge in [0, 0.05) is 42.1 Å². The fourth-order valence-corrected chi connectivity index (χ4v) is 4.33. The van der Waals surface area contributed by atoms with E-state index in [4.69, 9.17) is 0 Å². The van der Waals surface area contributed by atoms with Crippen LogP contribution in [-0.2, 0) is 0 Å². The van der Waals surface area contributed by atoms with Gasteiger partial charge in [-0.1, -0.05) is 36.4 Å². The van der Waals surface area contributed by atoms with Crippen LogP contribution in [-0.4, -0.2) is 5.78 Å². The number of carbonyl (C=O) groups excluding carboxylic acids is 1. The first-order valence-corrected chi connectivity index (χ1v) is 8.08. The first kappa shape index (κ1) is 11.8. The lowest BCUT2D eigenvalue weighted by Crippen LogP contribution is -1.98. The molecule has 0 fully saturated rings. The summed E-state index contributed by atoms with van der Waals surface area (Å²) >= 11 is 3.26. The largest absolute Gasteiger partial charge is 0.289 e. The Bertz CT molecular complexity index is 854. The Morgan fingerprint density at radius 2 is 1.15 bits per heavy atom. The quantitative estimate of drug-likeness (QED) is 0.456. The van der Waals surface area contributed by atoms with E-state index in [2.05, 4.69) is 12.1 Å². The number of hydrogen-bond acceptors (Lipinski definition) is 3. The number of carbonyl (C=O) groups is 1. The fourth-order valence-electron chi connectivity index (χ4n) is 2.45. The molecular weight excluding hydrogens is 284 g/mol. The lowest BCUT2D eigenvalue weighted by molar-refractivity contribution is 0.104. The summed E-state index contributed by atoms with van der Waals surface area (Å²) in [5.74, 6) is 0.125. The molecule has 2 aromatic carbocycles. The summed E-state index contributed by atoms with van der Waals surface area (Å²) in [4.78, 5) is 12.8. The highest BCUT2D eigenvalue weighted by Crippen LogP contribution is 2.32. The molecule has 2 aromatic heterocycles. The van der Waals surface area contributed by atoms with Gasteiger partial charge in [0.2, 0.25) is 0 Å². The van der Waals surface area contributed by atoms with Crippen molar-refractivity contribution in [1.29, 1.82) is 0 Å². The maximum atomic E-state index is 12.8. The predicted octanol–water partition coefficient (Wildman–Crippen LogP) is 5.35. The average Bonchev–Trinajstić information content (AvgIpc) is 3.11. The zero-order valence-electron chi connectivity index (χ0n) is 10.5. The van der Waals surface area contributed by atoms with Gasteiger partial charge >= 0.3 is 0 Å². The van der Waals surface area contributed by atoms with Crippen LogP contribution in [0.25, 0.3) is 20.2 Å². The van der Waals surface area contributed by atoms with E-state index in [1.807, 2.05) is 47.2 Å². The first-order valence-electron chi connectivity index (χ1n) is 6.32. The van der Waals surface area contributed by atoms with Crippen molar-refractivity contribution >= 4 is 48.6 Å². The van der Waals surface area contributed by atoms with Gasteiger partial charge < -0.3 is 0 Å². The molecular formula is C17H10OS2. The smallest absolute Gasteiger partial charge is 0.195 e. The second-order valence-corrected chi connectivity index (χ2v) is 6.44. The van der Waals surface area contributed by atoms with Crippen molar-refractivity contribution in [3.8, 4) is 0 Å². The van der Waals surface area contributed by atoms with E-state index in [0.29, 0.717) is 0 Å². The summed E-state index contributed by atoms with van der Waals surface area (Å²) in [6.45, 7) is 0. The predicted molar refractivity (Wildman–Crippen MR) is 87.1 cm³/mol. The van der Waals surface area contributed by atoms with Crippen LogP contribution in [0.3, 0.4) is 0 Å². The molecule has 0 saturated carbocycles. The Kier molecular flexibility index (Phi) is 2.69. The monoisotopic (exact) mass is 294 g/mol. The average molecular weight is 294 g/mol. The molecule has 0 atom stereocenters. The van der Waals surface area contributed by atoms with Crippen LogP contribution in [0.5, 0.6) is 0 Å². The summed E-state index contributed by atoms with van der Waals surface area (Å²) in [6, 6.07) is 16.1. The molecule has 0 bridgehead atoms. The van der Waals surface area contributed by atoms with E-state index in [9.17, 15) is 4.79 Å². The van der Waals surface area contributed by atoms with Gasteiger partial charge in [0.15, 0.2) is 5.78 Å². The molecule has 1 nitrogen and oxygen atoms in total. The van der Waals surface area contributed by atoms with E-state index in [1.54, 1.807) is 22.7 Å². The highest BCUT2D eigenvalue weighted by atomic mass is 32.1. The van der Waals surface area contributed by atoms with Crippen LogP contribution >= 0.6 is 22.7 Å². The van der Waals surface area contributed by atoms with Crippen molar-refractivity contribution in [1.82, 2.24) is 0 Å². The zero-order chi connectivity index (χ0) is 13.5. The highest BCUT2D eigenvalue weighted by Gasteiger charge is 2.17. The molecule has 4 rings (SSSR count). The molecule has 0 radical (unpaired) electrons. The van der Waals surface area contributed by atoms with Crippen molar-refractivity contribution in [2.24, 2.45) is 0 Å². The van der Waals surface area contributed by atoms with Gasteiger partial charge in [0.1, 0.15) is 0 Å². The fraction of sp³-hybridized carbons (Fsp3) is 0. The van der Waals surface area contributed by atoms with Gasteiger partial charge in [-0.15, -0.1) is 22.7 Å². The molecule has 0 aliphatic heterocycles. The summed E-state index contributed by atoms with van der Waals surface area (Å²) in [7, 11) is 0. The third-order valence-electron chi connectivity index (χ3n) is 3.45. The lowest BCUT2D eigenvalue weighted by atomic mass is 10.0. The van der Waals surface area contributed by atoms with Crippen molar-refractivity contribution in [3.63, 3.8) is 0 Å². The van der Waals surface area contributed by atoms with Crippen LogP contribution in [0.4, 0.5) is 0 Å². The Morgan fingerprint density at radius 3 is 1.65 bits per heavy atom. The van der Waals surface area contributed by atoms with Gasteiger partial charge in [-0.25, -0.2) is 0 Å². The van der Waals surface area contributed by atoms with Gasteiger partial charge in [-0.05, 0) is 12.1 Å². The van der Waals surface area contributed by atoms with Crippen LogP contribution < -0.4 is 0 Å². The minimum atomic E-state index is 0.125. The van der Waals surface area contributed by atoms with Crippen LogP contribution in [0, 0.1) is 0 Å². The topological polar surface area (TPSA) is 17.1 Å². The number of hydrogen-bond donors (Lipinski definition) is 0. The van der Waals surface area contributed by atoms with Crippen molar-refractivity contribution in [2.45, 2.75) is 0 Å². The van der Waals surface area contributed by atoms with Crippen molar-refractivity contribution < 1.29 is 4.79 Å². The van der Waals surface area contributed by atoms with Crippen molar-refractivity contribution in [3.05, 3.63) is 70.4 Å². The van der Waals surface area contributed by atoms with Gasteiger partial charge in [0.05, 0.1) is 0 Å². The number of thiophene rings is 2. The summed E-state index contributed by atoms with van der Waals surface area (Å²) in [6.07, 6.45) is 0. The molecule has 20 heavy (non-hydrogen) atoms. The normalized spacial score (nSPS) is 11.2. The number of fused-ring (bicyclic) bond motifs is 2. The maximum absolute atomic E-state index is 12.8. The highest BCUT2D eigenvalue weighted by molar-refractivity contribution is 7.18. The number of benzene rings is 2. The molecule has 0 aliphatic rings. The molecule has 0 unspecified atom stereocenters. The summed E-state index contributed by atoms with van der Waals surface area (Å²) < 4.78 is 2.32. The third-order valence-corrected chi connectivity index (χ3v) is 5.38. The lowest BCUT2D eigenvalue weighted by Gasteiger charge is -1.98. The minimum absolute atomic E-state index is 0.125. The zero-order valence-corrected chi connectivity index (χ0v) is 12.1.